The summed E-state index contributed by atoms with van der Waals surface area (Å²) in [5.74, 6) is -1.01. The molecule has 0 radical (unpaired) electrons. The van der Waals surface area contributed by atoms with E-state index in [-0.39, 0.29) is 31.6 Å². The second-order valence-corrected chi connectivity index (χ2v) is 20.6. The summed E-state index contributed by atoms with van der Waals surface area (Å²) in [4.78, 5) is 37.8. The van der Waals surface area contributed by atoms with Gasteiger partial charge in [0.2, 0.25) is 0 Å². The largest absolute Gasteiger partial charge is 0.462 e. The molecule has 0 bridgehead atoms. The summed E-state index contributed by atoms with van der Waals surface area (Å²) in [7, 11) is 0. The van der Waals surface area contributed by atoms with Crippen LogP contribution in [-0.2, 0) is 28.6 Å². The van der Waals surface area contributed by atoms with Gasteiger partial charge in [0.1, 0.15) is 13.2 Å². The van der Waals surface area contributed by atoms with E-state index >= 15 is 0 Å². The van der Waals surface area contributed by atoms with Crippen LogP contribution in [0.5, 0.6) is 0 Å². The summed E-state index contributed by atoms with van der Waals surface area (Å²) in [6.07, 6.45) is 91.1. The molecule has 0 heterocycles. The molecule has 0 aromatic carbocycles. The summed E-state index contributed by atoms with van der Waals surface area (Å²) in [6.45, 7) is 6.27. The molecule has 6 nitrogen and oxygen atoms in total. The number of hydrogen-bond acceptors (Lipinski definition) is 6. The predicted octanol–water partition coefficient (Wildman–Crippen LogP) is 21.8. The normalized spacial score (nSPS) is 13.0. The van der Waals surface area contributed by atoms with E-state index in [0.717, 1.165) is 122 Å². The molecule has 0 fully saturated rings. The predicted molar refractivity (Wildman–Crippen MR) is 334 cm³/mol. The van der Waals surface area contributed by atoms with Gasteiger partial charge in [0.05, 0.1) is 0 Å². The maximum absolute atomic E-state index is 12.8. The van der Waals surface area contributed by atoms with E-state index in [0.29, 0.717) is 19.3 Å². The third-order valence-corrected chi connectivity index (χ3v) is 13.2. The van der Waals surface area contributed by atoms with Crippen LogP contribution in [0.15, 0.2) is 134 Å². The Morgan fingerprint density at radius 3 is 0.844 bits per heavy atom. The minimum Gasteiger partial charge on any atom is -0.462 e. The second kappa shape index (κ2) is 64.1. The van der Waals surface area contributed by atoms with Crippen LogP contribution in [-0.4, -0.2) is 37.2 Å². The molecule has 1 atom stereocenters. The molecule has 0 saturated carbocycles. The number of carbonyl (C=O) groups is 3. The molecule has 0 aromatic rings. The summed E-state index contributed by atoms with van der Waals surface area (Å²) >= 11 is 0. The van der Waals surface area contributed by atoms with Crippen molar-refractivity contribution in [2.24, 2.45) is 0 Å². The van der Waals surface area contributed by atoms with Crippen molar-refractivity contribution in [1.82, 2.24) is 0 Å². The average molecular weight is 1070 g/mol. The average Bonchev–Trinajstić information content (AvgIpc) is 3.43. The van der Waals surface area contributed by atoms with Crippen LogP contribution in [0.4, 0.5) is 0 Å². The van der Waals surface area contributed by atoms with Gasteiger partial charge in [-0.2, -0.15) is 0 Å². The van der Waals surface area contributed by atoms with Crippen molar-refractivity contribution in [1.29, 1.82) is 0 Å². The molecule has 0 rings (SSSR count). The van der Waals surface area contributed by atoms with Gasteiger partial charge in [-0.05, 0) is 103 Å². The van der Waals surface area contributed by atoms with Crippen molar-refractivity contribution in [2.75, 3.05) is 13.2 Å². The van der Waals surface area contributed by atoms with Crippen LogP contribution in [0.2, 0.25) is 0 Å². The maximum atomic E-state index is 12.8. The molecule has 0 amide bonds. The first-order valence-electron chi connectivity index (χ1n) is 31.7. The molecule has 0 aliphatic rings. The fraction of sp³-hybridized carbons (Fsp3) is 0.648. The van der Waals surface area contributed by atoms with Gasteiger partial charge in [-0.3, -0.25) is 14.4 Å². The lowest BCUT2D eigenvalue weighted by Gasteiger charge is -2.18. The molecule has 77 heavy (non-hydrogen) atoms. The first-order valence-corrected chi connectivity index (χ1v) is 31.7. The lowest BCUT2D eigenvalue weighted by Crippen LogP contribution is -2.30. The molecule has 0 aliphatic carbocycles. The lowest BCUT2D eigenvalue weighted by atomic mass is 10.0. The molecular formula is C71H116O6. The summed E-state index contributed by atoms with van der Waals surface area (Å²) in [6, 6.07) is 0. The number of carbonyl (C=O) groups excluding carboxylic acids is 3. The van der Waals surface area contributed by atoms with E-state index in [9.17, 15) is 14.4 Å². The van der Waals surface area contributed by atoms with Crippen molar-refractivity contribution in [2.45, 2.75) is 284 Å². The van der Waals surface area contributed by atoms with Crippen LogP contribution in [0.3, 0.4) is 0 Å². The Balaban J connectivity index is 4.02. The van der Waals surface area contributed by atoms with Crippen LogP contribution in [0, 0.1) is 0 Å². The number of rotatable bonds is 56. The van der Waals surface area contributed by atoms with E-state index in [1.165, 1.54) is 109 Å². The monoisotopic (exact) mass is 1060 g/mol. The summed E-state index contributed by atoms with van der Waals surface area (Å²) in [5.41, 5.74) is 0. The van der Waals surface area contributed by atoms with Gasteiger partial charge >= 0.3 is 17.9 Å². The van der Waals surface area contributed by atoms with Crippen molar-refractivity contribution in [3.63, 3.8) is 0 Å². The Kier molecular flexibility index (Phi) is 60.4. The molecule has 6 heteroatoms. The number of unbranched alkanes of at least 4 members (excludes halogenated alkanes) is 23. The third-order valence-electron chi connectivity index (χ3n) is 13.2. The van der Waals surface area contributed by atoms with Gasteiger partial charge in [0.25, 0.3) is 0 Å². The highest BCUT2D eigenvalue weighted by Gasteiger charge is 2.19. The standard InChI is InChI=1S/C71H116O6/c1-4-7-10-13-15-17-19-21-23-25-27-28-29-30-31-32-33-34-35-36-37-38-39-40-41-42-44-45-47-49-51-53-55-58-61-64-70(73)76-67-68(66-75-69(72)63-60-57-12-9-6-3)77-71(74)65-62-59-56-54-52-50-48-46-43-26-24-22-20-18-16-14-11-8-5-2/h7-8,10-11,15-18,21-24,27-28,30-31,43,46,50,52,56,59,68H,4-6,9,12-14,19-20,25-26,29,32-42,44-45,47-49,51,53-55,57-58,60-67H2,1-3H3/b10-7-,11-8-,17-15-,18-16-,23-21-,24-22-,28-27-,31-30-,46-43-,52-50-,59-56-. The Morgan fingerprint density at radius 2 is 0.532 bits per heavy atom. The van der Waals surface area contributed by atoms with E-state index in [4.69, 9.17) is 14.2 Å². The zero-order valence-corrected chi connectivity index (χ0v) is 49.9. The highest BCUT2D eigenvalue weighted by Crippen LogP contribution is 2.16. The molecule has 0 N–H and O–H groups in total. The number of allylic oxidation sites excluding steroid dienone is 22. The minimum atomic E-state index is -0.816. The van der Waals surface area contributed by atoms with Gasteiger partial charge in [0, 0.05) is 19.3 Å². The minimum absolute atomic E-state index is 0.109. The van der Waals surface area contributed by atoms with E-state index in [1.807, 2.05) is 12.2 Å². The number of ether oxygens (including phenoxy) is 3. The van der Waals surface area contributed by atoms with E-state index in [2.05, 4.69) is 142 Å². The molecule has 0 aromatic heterocycles. The maximum Gasteiger partial charge on any atom is 0.306 e. The van der Waals surface area contributed by atoms with E-state index in [1.54, 1.807) is 0 Å². The molecular weight excluding hydrogens is 949 g/mol. The van der Waals surface area contributed by atoms with Crippen molar-refractivity contribution in [3.8, 4) is 0 Å². The van der Waals surface area contributed by atoms with Crippen molar-refractivity contribution in [3.05, 3.63) is 134 Å². The highest BCUT2D eigenvalue weighted by molar-refractivity contribution is 5.71. The quantitative estimate of drug-likeness (QED) is 0.0261. The molecule has 1 unspecified atom stereocenters. The Hall–Kier alpha value is -4.45. The zero-order chi connectivity index (χ0) is 55.7. The van der Waals surface area contributed by atoms with Crippen LogP contribution >= 0.6 is 0 Å². The van der Waals surface area contributed by atoms with Gasteiger partial charge in [-0.25, -0.2) is 0 Å². The van der Waals surface area contributed by atoms with Crippen LogP contribution < -0.4 is 0 Å². The van der Waals surface area contributed by atoms with Gasteiger partial charge < -0.3 is 14.2 Å². The molecule has 0 spiro atoms. The Bertz CT molecular complexity index is 1650. The molecule has 436 valence electrons. The first-order chi connectivity index (χ1) is 38.0. The smallest absolute Gasteiger partial charge is 0.306 e. The fourth-order valence-electron chi connectivity index (χ4n) is 8.50. The van der Waals surface area contributed by atoms with Crippen molar-refractivity contribution >= 4 is 17.9 Å². The van der Waals surface area contributed by atoms with Gasteiger partial charge in [0.15, 0.2) is 6.10 Å². The first kappa shape index (κ1) is 72.5. The second-order valence-electron chi connectivity index (χ2n) is 20.6. The van der Waals surface area contributed by atoms with Crippen LogP contribution in [0.25, 0.3) is 0 Å². The zero-order valence-electron chi connectivity index (χ0n) is 49.9. The Morgan fingerprint density at radius 1 is 0.273 bits per heavy atom. The third kappa shape index (κ3) is 62.3. The summed E-state index contributed by atoms with van der Waals surface area (Å²) in [5, 5.41) is 0. The topological polar surface area (TPSA) is 78.9 Å². The lowest BCUT2D eigenvalue weighted by molar-refractivity contribution is -0.166. The number of hydrogen-bond donors (Lipinski definition) is 0. The number of esters is 3. The molecule has 0 saturated heterocycles. The van der Waals surface area contributed by atoms with Crippen molar-refractivity contribution < 1.29 is 28.6 Å². The van der Waals surface area contributed by atoms with Gasteiger partial charge in [-0.15, -0.1) is 0 Å². The van der Waals surface area contributed by atoms with Crippen LogP contribution in [0.1, 0.15) is 278 Å². The summed E-state index contributed by atoms with van der Waals surface area (Å²) < 4.78 is 16.7. The SMILES string of the molecule is CC/C=C\C/C=C\C/C=C\C/C=C\C/C=C\C/C=C\CCC(=O)OC(COC(=O)CCCCCCC)COC(=O)CCCCCCCCCCCCCCCCCCCCC/C=C\C/C=C\C/C=C\C/C=C\C/C=C\CC. The van der Waals surface area contributed by atoms with E-state index < -0.39 is 12.1 Å². The Labute approximate surface area is 475 Å². The highest BCUT2D eigenvalue weighted by atomic mass is 16.6. The molecule has 0 aliphatic heterocycles. The fourth-order valence-corrected chi connectivity index (χ4v) is 8.50. The van der Waals surface area contributed by atoms with Gasteiger partial charge in [-0.1, -0.05) is 289 Å².